The van der Waals surface area contributed by atoms with Crippen LogP contribution in [0, 0.1) is 5.82 Å². The average Bonchev–Trinajstić information content (AvgIpc) is 3.11. The van der Waals surface area contributed by atoms with Crippen LogP contribution in [0.3, 0.4) is 0 Å². The maximum absolute atomic E-state index is 13.9. The fourth-order valence-corrected chi connectivity index (χ4v) is 3.63. The normalized spacial score (nSPS) is 17.6. The summed E-state index contributed by atoms with van der Waals surface area (Å²) >= 11 is 7.07. The summed E-state index contributed by atoms with van der Waals surface area (Å²) in [5, 5.41) is 4.66. The monoisotopic (exact) mass is 366 g/mol. The second-order valence-corrected chi connectivity index (χ2v) is 6.98. The molecular weight excluding hydrogens is 351 g/mol. The van der Waals surface area contributed by atoms with E-state index in [1.54, 1.807) is 17.0 Å². The Balaban J connectivity index is 1.77. The third kappa shape index (κ3) is 3.60. The van der Waals surface area contributed by atoms with Gasteiger partial charge < -0.3 is 10.2 Å². The largest absolute Gasteiger partial charge is 0.326 e. The minimum absolute atomic E-state index is 0.0681. The summed E-state index contributed by atoms with van der Waals surface area (Å²) in [5.74, 6) is -1.12. The van der Waals surface area contributed by atoms with Crippen molar-refractivity contribution >= 4 is 40.4 Å². The Labute approximate surface area is 148 Å². The maximum Gasteiger partial charge on any atom is 0.264 e. The number of rotatable bonds is 3. The van der Waals surface area contributed by atoms with Crippen LogP contribution < -0.4 is 5.32 Å². The molecule has 2 heterocycles. The highest BCUT2D eigenvalue weighted by molar-refractivity contribution is 7.12. The summed E-state index contributed by atoms with van der Waals surface area (Å²) < 4.78 is 13.9. The summed E-state index contributed by atoms with van der Waals surface area (Å²) in [6, 6.07) is 7.03. The van der Waals surface area contributed by atoms with Crippen molar-refractivity contribution in [1.82, 2.24) is 4.90 Å². The second kappa shape index (κ2) is 7.32. The van der Waals surface area contributed by atoms with Crippen molar-refractivity contribution < 1.29 is 14.0 Å². The molecule has 7 heteroatoms. The highest BCUT2D eigenvalue weighted by atomic mass is 35.5. The van der Waals surface area contributed by atoms with E-state index in [1.807, 2.05) is 5.38 Å². The number of thiophene rings is 1. The zero-order valence-corrected chi connectivity index (χ0v) is 14.4. The number of halogens is 2. The van der Waals surface area contributed by atoms with Crippen molar-refractivity contribution in [3.05, 3.63) is 51.4 Å². The molecule has 2 aromatic rings. The Bertz CT molecular complexity index is 751. The molecule has 0 aliphatic carbocycles. The van der Waals surface area contributed by atoms with E-state index in [0.29, 0.717) is 17.8 Å². The van der Waals surface area contributed by atoms with Crippen molar-refractivity contribution in [3.63, 3.8) is 0 Å². The van der Waals surface area contributed by atoms with Gasteiger partial charge in [0.1, 0.15) is 11.9 Å². The zero-order chi connectivity index (χ0) is 17.1. The van der Waals surface area contributed by atoms with Gasteiger partial charge in [-0.05, 0) is 48.9 Å². The van der Waals surface area contributed by atoms with E-state index in [-0.39, 0.29) is 22.5 Å². The number of carbonyl (C=O) groups is 2. The van der Waals surface area contributed by atoms with Crippen LogP contribution in [-0.4, -0.2) is 29.3 Å². The van der Waals surface area contributed by atoms with Gasteiger partial charge in [-0.25, -0.2) is 4.39 Å². The molecule has 3 rings (SSSR count). The molecule has 0 spiro atoms. The van der Waals surface area contributed by atoms with E-state index in [2.05, 4.69) is 5.32 Å². The SMILES string of the molecule is O=C(Nc1ccc(Cl)cc1F)C1CCCCN1C(=O)c1cccs1. The van der Waals surface area contributed by atoms with E-state index in [0.717, 1.165) is 18.9 Å². The Hall–Kier alpha value is -1.92. The van der Waals surface area contributed by atoms with Crippen LogP contribution in [-0.2, 0) is 4.79 Å². The van der Waals surface area contributed by atoms with Gasteiger partial charge in [0.25, 0.3) is 5.91 Å². The van der Waals surface area contributed by atoms with E-state index in [1.165, 1.54) is 23.5 Å². The molecule has 2 amide bonds. The van der Waals surface area contributed by atoms with Crippen LogP contribution in [0.5, 0.6) is 0 Å². The zero-order valence-electron chi connectivity index (χ0n) is 12.8. The number of hydrogen-bond donors (Lipinski definition) is 1. The van der Waals surface area contributed by atoms with Crippen LogP contribution in [0.25, 0.3) is 0 Å². The number of anilines is 1. The quantitative estimate of drug-likeness (QED) is 0.886. The number of likely N-dealkylation sites (tertiary alicyclic amines) is 1. The molecule has 126 valence electrons. The lowest BCUT2D eigenvalue weighted by atomic mass is 10.0. The first-order valence-electron chi connectivity index (χ1n) is 7.66. The first kappa shape index (κ1) is 16.9. The Morgan fingerprint density at radius 3 is 2.83 bits per heavy atom. The van der Waals surface area contributed by atoms with Gasteiger partial charge in [0.05, 0.1) is 10.6 Å². The summed E-state index contributed by atoms with van der Waals surface area (Å²) in [6.07, 6.45) is 2.28. The molecule has 0 radical (unpaired) electrons. The van der Waals surface area contributed by atoms with Crippen LogP contribution in [0.4, 0.5) is 10.1 Å². The molecule has 1 fully saturated rings. The van der Waals surface area contributed by atoms with Gasteiger partial charge in [-0.3, -0.25) is 9.59 Å². The van der Waals surface area contributed by atoms with E-state index >= 15 is 0 Å². The second-order valence-electron chi connectivity index (χ2n) is 5.60. The lowest BCUT2D eigenvalue weighted by Gasteiger charge is -2.34. The molecule has 0 saturated carbocycles. The molecule has 24 heavy (non-hydrogen) atoms. The van der Waals surface area contributed by atoms with E-state index in [9.17, 15) is 14.0 Å². The molecule has 0 bridgehead atoms. The Morgan fingerprint density at radius 2 is 2.12 bits per heavy atom. The molecule has 1 aliphatic rings. The van der Waals surface area contributed by atoms with Gasteiger partial charge in [0.15, 0.2) is 0 Å². The number of piperidine rings is 1. The average molecular weight is 367 g/mol. The summed E-state index contributed by atoms with van der Waals surface area (Å²) in [4.78, 5) is 27.4. The van der Waals surface area contributed by atoms with E-state index in [4.69, 9.17) is 11.6 Å². The third-order valence-electron chi connectivity index (χ3n) is 3.99. The molecule has 4 nitrogen and oxygen atoms in total. The summed E-state index contributed by atoms with van der Waals surface area (Å²) in [6.45, 7) is 0.526. The number of carbonyl (C=O) groups excluding carboxylic acids is 2. The molecule has 1 unspecified atom stereocenters. The van der Waals surface area contributed by atoms with Gasteiger partial charge in [-0.15, -0.1) is 11.3 Å². The first-order chi connectivity index (χ1) is 11.6. The number of amides is 2. The molecule has 1 aromatic carbocycles. The van der Waals surface area contributed by atoms with Gasteiger partial charge in [0.2, 0.25) is 5.91 Å². The van der Waals surface area contributed by atoms with Crippen molar-refractivity contribution in [2.75, 3.05) is 11.9 Å². The minimum Gasteiger partial charge on any atom is -0.326 e. The van der Waals surface area contributed by atoms with Crippen molar-refractivity contribution in [2.24, 2.45) is 0 Å². The maximum atomic E-state index is 13.9. The molecule has 1 aliphatic heterocycles. The highest BCUT2D eigenvalue weighted by Crippen LogP contribution is 2.24. The lowest BCUT2D eigenvalue weighted by molar-refractivity contribution is -0.121. The Morgan fingerprint density at radius 1 is 1.29 bits per heavy atom. The fourth-order valence-electron chi connectivity index (χ4n) is 2.80. The van der Waals surface area contributed by atoms with E-state index < -0.39 is 11.9 Å². The Kier molecular flexibility index (Phi) is 5.16. The highest BCUT2D eigenvalue weighted by Gasteiger charge is 2.33. The fraction of sp³-hybridized carbons (Fsp3) is 0.294. The first-order valence-corrected chi connectivity index (χ1v) is 8.92. The standard InChI is InChI=1S/C17H16ClFN2O2S/c18-11-6-7-13(12(19)10-11)20-16(22)14-4-1-2-8-21(14)17(23)15-5-3-9-24-15/h3,5-7,9-10,14H,1-2,4,8H2,(H,20,22). The molecular formula is C17H16ClFN2O2S. The third-order valence-corrected chi connectivity index (χ3v) is 5.08. The summed E-state index contributed by atoms with van der Waals surface area (Å²) in [7, 11) is 0. The van der Waals surface area contributed by atoms with Crippen LogP contribution >= 0.6 is 22.9 Å². The topological polar surface area (TPSA) is 49.4 Å². The van der Waals surface area contributed by atoms with Crippen LogP contribution in [0.15, 0.2) is 35.7 Å². The lowest BCUT2D eigenvalue weighted by Crippen LogP contribution is -2.49. The number of hydrogen-bond acceptors (Lipinski definition) is 3. The number of benzene rings is 1. The molecule has 1 aromatic heterocycles. The minimum atomic E-state index is -0.595. The van der Waals surface area contributed by atoms with Gasteiger partial charge in [0, 0.05) is 11.6 Å². The van der Waals surface area contributed by atoms with Crippen molar-refractivity contribution in [1.29, 1.82) is 0 Å². The summed E-state index contributed by atoms with van der Waals surface area (Å²) in [5.41, 5.74) is 0.0681. The van der Waals surface area contributed by atoms with Crippen molar-refractivity contribution in [2.45, 2.75) is 25.3 Å². The van der Waals surface area contributed by atoms with Gasteiger partial charge in [-0.1, -0.05) is 17.7 Å². The molecule has 1 atom stereocenters. The molecule has 1 saturated heterocycles. The van der Waals surface area contributed by atoms with Gasteiger partial charge in [-0.2, -0.15) is 0 Å². The van der Waals surface area contributed by atoms with Crippen LogP contribution in [0.2, 0.25) is 5.02 Å². The smallest absolute Gasteiger partial charge is 0.264 e. The molecule has 1 N–H and O–H groups in total. The number of nitrogens with one attached hydrogen (secondary N) is 1. The predicted octanol–water partition coefficient (Wildman–Crippen LogP) is 4.17. The predicted molar refractivity (Wildman–Crippen MR) is 93.0 cm³/mol. The van der Waals surface area contributed by atoms with Crippen LogP contribution in [0.1, 0.15) is 28.9 Å². The number of nitrogens with zero attached hydrogens (tertiary/aromatic N) is 1. The van der Waals surface area contributed by atoms with Crippen molar-refractivity contribution in [3.8, 4) is 0 Å². The van der Waals surface area contributed by atoms with Gasteiger partial charge >= 0.3 is 0 Å².